The lowest BCUT2D eigenvalue weighted by Gasteiger charge is -2.12. The molecule has 20 heavy (non-hydrogen) atoms. The van der Waals surface area contributed by atoms with Crippen LogP contribution in [0.3, 0.4) is 0 Å². The van der Waals surface area contributed by atoms with Gasteiger partial charge in [-0.2, -0.15) is 8.42 Å². The van der Waals surface area contributed by atoms with Gasteiger partial charge in [-0.25, -0.2) is 0 Å². The lowest BCUT2D eigenvalue weighted by molar-refractivity contribution is 0.333. The Hall–Kier alpha value is -2.17. The van der Waals surface area contributed by atoms with E-state index in [0.717, 1.165) is 0 Å². The molecule has 0 aromatic heterocycles. The summed E-state index contributed by atoms with van der Waals surface area (Å²) in [4.78, 5) is 2.77. The average Bonchev–Trinajstić information content (AvgIpc) is 2.38. The quantitative estimate of drug-likeness (QED) is 0.692. The molecular weight excluding hydrogens is 280 g/mol. The molecule has 0 amide bonds. The van der Waals surface area contributed by atoms with Crippen LogP contribution < -0.4 is 4.74 Å². The molecule has 6 nitrogen and oxygen atoms in total. The number of rotatable bonds is 3. The van der Waals surface area contributed by atoms with Gasteiger partial charge in [0, 0.05) is 5.39 Å². The molecular formula is C13H13N2O4S+. The number of diazo groups is 1. The van der Waals surface area contributed by atoms with E-state index in [-0.39, 0.29) is 28.5 Å². The zero-order chi connectivity index (χ0) is 14.9. The Morgan fingerprint density at radius 1 is 1.30 bits per heavy atom. The van der Waals surface area contributed by atoms with Gasteiger partial charge in [-0.15, -0.1) is 0 Å². The van der Waals surface area contributed by atoms with Crippen molar-refractivity contribution in [3.8, 4) is 5.75 Å². The molecule has 0 radical (unpaired) electrons. The smallest absolute Gasteiger partial charge is 0.397 e. The average molecular weight is 293 g/mol. The van der Waals surface area contributed by atoms with Gasteiger partial charge in [-0.1, -0.05) is 18.2 Å². The molecule has 0 heterocycles. The van der Waals surface area contributed by atoms with E-state index in [9.17, 15) is 13.0 Å². The monoisotopic (exact) mass is 293 g/mol. The summed E-state index contributed by atoms with van der Waals surface area (Å²) in [5.41, 5.74) is 0.230. The van der Waals surface area contributed by atoms with Crippen LogP contribution in [0.1, 0.15) is 12.5 Å². The first-order chi connectivity index (χ1) is 9.41. The number of hydrogen-bond acceptors (Lipinski definition) is 4. The Morgan fingerprint density at radius 2 is 1.90 bits per heavy atom. The summed E-state index contributed by atoms with van der Waals surface area (Å²) in [6.07, 6.45) is 0. The lowest BCUT2D eigenvalue weighted by Crippen LogP contribution is -2.06. The summed E-state index contributed by atoms with van der Waals surface area (Å²) in [5, 5.41) is 10.1. The second kappa shape index (κ2) is 5.07. The third kappa shape index (κ3) is 2.19. The van der Waals surface area contributed by atoms with Gasteiger partial charge in [0.05, 0.1) is 17.6 Å². The van der Waals surface area contributed by atoms with Crippen molar-refractivity contribution in [1.82, 2.24) is 0 Å². The summed E-state index contributed by atoms with van der Waals surface area (Å²) < 4.78 is 38.0. The van der Waals surface area contributed by atoms with E-state index in [0.29, 0.717) is 10.8 Å². The van der Waals surface area contributed by atoms with E-state index >= 15 is 0 Å². The molecule has 104 valence electrons. The predicted molar refractivity (Wildman–Crippen MR) is 74.4 cm³/mol. The largest absolute Gasteiger partial charge is 0.492 e. The molecule has 2 aromatic rings. The highest BCUT2D eigenvalue weighted by Crippen LogP contribution is 2.42. The zero-order valence-electron chi connectivity index (χ0n) is 11.0. The van der Waals surface area contributed by atoms with Crippen molar-refractivity contribution in [3.63, 3.8) is 0 Å². The van der Waals surface area contributed by atoms with E-state index in [1.807, 2.05) is 0 Å². The molecule has 0 saturated heterocycles. The van der Waals surface area contributed by atoms with Crippen LogP contribution in [0.15, 0.2) is 29.2 Å². The molecule has 0 unspecified atom stereocenters. The van der Waals surface area contributed by atoms with Crippen LogP contribution in [0, 0.1) is 12.3 Å². The number of ether oxygens (including phenoxy) is 1. The number of fused-ring (bicyclic) bond motifs is 1. The molecule has 2 aromatic carbocycles. The Bertz CT molecular complexity index is 822. The zero-order valence-corrected chi connectivity index (χ0v) is 11.8. The summed E-state index contributed by atoms with van der Waals surface area (Å²) >= 11 is 0. The van der Waals surface area contributed by atoms with E-state index in [1.54, 1.807) is 31.2 Å². The predicted octanol–water partition coefficient (Wildman–Crippen LogP) is 3.28. The molecule has 0 aliphatic rings. The summed E-state index contributed by atoms with van der Waals surface area (Å²) in [6.45, 7) is 3.40. The first kappa shape index (κ1) is 14.2. The SMILES string of the molecule is CCOc1c(S(=O)(=O)O)c(C)c([N+]#N)c2ccccc12. The van der Waals surface area contributed by atoms with Crippen LogP contribution in [-0.4, -0.2) is 19.6 Å². The van der Waals surface area contributed by atoms with Gasteiger partial charge in [-0.05, 0) is 19.9 Å². The van der Waals surface area contributed by atoms with Crippen LogP contribution >= 0.6 is 0 Å². The van der Waals surface area contributed by atoms with Gasteiger partial charge in [0.1, 0.15) is 10.6 Å². The lowest BCUT2D eigenvalue weighted by atomic mass is 10.0. The molecule has 0 spiro atoms. The minimum atomic E-state index is -4.51. The minimum absolute atomic E-state index is 0.0653. The Morgan fingerprint density at radius 3 is 2.40 bits per heavy atom. The number of benzene rings is 2. The molecule has 0 saturated carbocycles. The highest BCUT2D eigenvalue weighted by molar-refractivity contribution is 7.86. The molecule has 1 N–H and O–H groups in total. The fourth-order valence-corrected chi connectivity index (χ4v) is 3.10. The maximum absolute atomic E-state index is 11.6. The fraction of sp³-hybridized carbons (Fsp3) is 0.231. The van der Waals surface area contributed by atoms with Crippen LogP contribution in [0.4, 0.5) is 5.69 Å². The molecule has 0 aliphatic carbocycles. The Kier molecular flexibility index (Phi) is 3.61. The highest BCUT2D eigenvalue weighted by atomic mass is 32.2. The second-order valence-electron chi connectivity index (χ2n) is 4.19. The van der Waals surface area contributed by atoms with E-state index < -0.39 is 10.1 Å². The maximum Gasteiger partial charge on any atom is 0.397 e. The van der Waals surface area contributed by atoms with Crippen molar-refractivity contribution in [2.45, 2.75) is 18.7 Å². The molecule has 0 fully saturated rings. The molecule has 0 aliphatic heterocycles. The fourth-order valence-electron chi connectivity index (χ4n) is 2.22. The van der Waals surface area contributed by atoms with E-state index in [2.05, 4.69) is 4.98 Å². The van der Waals surface area contributed by atoms with Crippen molar-refractivity contribution < 1.29 is 17.7 Å². The molecule has 7 heteroatoms. The van der Waals surface area contributed by atoms with Crippen molar-refractivity contribution in [3.05, 3.63) is 34.8 Å². The third-order valence-electron chi connectivity index (χ3n) is 2.98. The van der Waals surface area contributed by atoms with Gasteiger partial charge in [0.15, 0.2) is 4.98 Å². The number of hydrogen-bond donors (Lipinski definition) is 1. The van der Waals surface area contributed by atoms with Gasteiger partial charge in [0.25, 0.3) is 10.1 Å². The Labute approximate surface area is 116 Å². The molecule has 0 atom stereocenters. The van der Waals surface area contributed by atoms with Gasteiger partial charge in [-0.3, -0.25) is 4.55 Å². The van der Waals surface area contributed by atoms with Crippen molar-refractivity contribution >= 4 is 26.6 Å². The summed E-state index contributed by atoms with van der Waals surface area (Å²) in [6, 6.07) is 6.77. The van der Waals surface area contributed by atoms with E-state index in [1.165, 1.54) is 6.92 Å². The molecule has 2 rings (SSSR count). The van der Waals surface area contributed by atoms with Crippen LogP contribution in [0.5, 0.6) is 5.75 Å². The van der Waals surface area contributed by atoms with Gasteiger partial charge >= 0.3 is 5.69 Å². The first-order valence-corrected chi connectivity index (χ1v) is 7.36. The molecule has 0 bridgehead atoms. The van der Waals surface area contributed by atoms with Crippen molar-refractivity contribution in [1.29, 1.82) is 5.39 Å². The topological polar surface area (TPSA) is 91.8 Å². The van der Waals surface area contributed by atoms with Gasteiger partial charge in [0.2, 0.25) is 5.39 Å². The minimum Gasteiger partial charge on any atom is -0.492 e. The first-order valence-electron chi connectivity index (χ1n) is 5.92. The standard InChI is InChI=1S/C13H12N2O4S/c1-3-19-12-10-7-5-4-6-9(10)11(15-14)8(2)13(12)20(16,17)18/h4-7H,3H2,1-2H3/p+1. The maximum atomic E-state index is 11.6. The highest BCUT2D eigenvalue weighted by Gasteiger charge is 2.31. The van der Waals surface area contributed by atoms with Gasteiger partial charge < -0.3 is 4.74 Å². The third-order valence-corrected chi connectivity index (χ3v) is 3.98. The van der Waals surface area contributed by atoms with Crippen molar-refractivity contribution in [2.24, 2.45) is 0 Å². The van der Waals surface area contributed by atoms with E-state index in [4.69, 9.17) is 10.1 Å². The van der Waals surface area contributed by atoms with Crippen LogP contribution in [0.25, 0.3) is 15.7 Å². The normalized spacial score (nSPS) is 11.3. The second-order valence-corrected chi connectivity index (χ2v) is 5.54. The Balaban J connectivity index is 3.09. The summed E-state index contributed by atoms with van der Waals surface area (Å²) in [7, 11) is -4.51. The van der Waals surface area contributed by atoms with Crippen LogP contribution in [-0.2, 0) is 10.1 Å². The van der Waals surface area contributed by atoms with Crippen LogP contribution in [0.2, 0.25) is 0 Å². The summed E-state index contributed by atoms with van der Waals surface area (Å²) in [5.74, 6) is 0.0653. The number of nitrogens with zero attached hydrogens (tertiary/aromatic N) is 2. The van der Waals surface area contributed by atoms with Crippen molar-refractivity contribution in [2.75, 3.05) is 6.61 Å².